The smallest absolute Gasteiger partial charge is 0.176 e. The van der Waals surface area contributed by atoms with Crippen LogP contribution in [0, 0.1) is 19.7 Å². The quantitative estimate of drug-likeness (QED) is 0.283. The van der Waals surface area contributed by atoms with Crippen molar-refractivity contribution in [1.29, 1.82) is 0 Å². The van der Waals surface area contributed by atoms with Crippen molar-refractivity contribution < 1.29 is 4.39 Å². The molecule has 2 aromatic carbocycles. The Labute approximate surface area is 209 Å². The Morgan fingerprint density at radius 2 is 1.73 bits per heavy atom. The molecule has 0 saturated heterocycles. The Balaban J connectivity index is 1.45. The van der Waals surface area contributed by atoms with Crippen LogP contribution in [0.4, 0.5) is 15.9 Å². The molecule has 0 unspecified atom stereocenters. The van der Waals surface area contributed by atoms with Gasteiger partial charge >= 0.3 is 0 Å². The Hall–Kier alpha value is -2.75. The van der Waals surface area contributed by atoms with Crippen LogP contribution < -0.4 is 10.6 Å². The summed E-state index contributed by atoms with van der Waals surface area (Å²) in [4.78, 5) is 0. The van der Waals surface area contributed by atoms with E-state index in [4.69, 9.17) is 23.8 Å². The van der Waals surface area contributed by atoms with E-state index < -0.39 is 0 Å². The zero-order valence-corrected chi connectivity index (χ0v) is 21.1. The second-order valence-electron chi connectivity index (χ2n) is 7.49. The Morgan fingerprint density at radius 3 is 2.45 bits per heavy atom. The van der Waals surface area contributed by atoms with Crippen LogP contribution >= 0.6 is 39.7 Å². The molecule has 4 aromatic rings. The molecule has 0 aliphatic heterocycles. The van der Waals surface area contributed by atoms with Gasteiger partial charge in [-0.25, -0.2) is 4.39 Å². The van der Waals surface area contributed by atoms with Crippen molar-refractivity contribution in [3.8, 4) is 0 Å². The number of aromatic nitrogens is 4. The van der Waals surface area contributed by atoms with Crippen molar-refractivity contribution in [3.63, 3.8) is 0 Å². The minimum absolute atomic E-state index is 0.256. The van der Waals surface area contributed by atoms with Crippen LogP contribution in [-0.4, -0.2) is 24.7 Å². The standard InChI is InChI=1S/C23H21BrClFN6S/c1-14-21(15(2)32(29-14)12-17-8-4-6-10-20(17)26)27-23(33)28-22-18(24)13-31(30-22)11-16-7-3-5-9-19(16)25/h3-10,13H,11-12H2,1-2H3,(H2,27,28,30,33). The zero-order valence-electron chi connectivity index (χ0n) is 17.9. The summed E-state index contributed by atoms with van der Waals surface area (Å²) in [5.41, 5.74) is 3.92. The number of aryl methyl sites for hydroxylation is 1. The van der Waals surface area contributed by atoms with Crippen LogP contribution in [0.1, 0.15) is 22.5 Å². The molecule has 0 bridgehead atoms. The number of nitrogens with zero attached hydrogens (tertiary/aromatic N) is 4. The Morgan fingerprint density at radius 1 is 1.03 bits per heavy atom. The van der Waals surface area contributed by atoms with Crippen molar-refractivity contribution in [2.24, 2.45) is 0 Å². The van der Waals surface area contributed by atoms with Gasteiger partial charge in [0.25, 0.3) is 0 Å². The van der Waals surface area contributed by atoms with E-state index in [9.17, 15) is 4.39 Å². The SMILES string of the molecule is Cc1nn(Cc2ccccc2F)c(C)c1NC(=S)Nc1nn(Cc2ccccc2Cl)cc1Br. The molecule has 0 fully saturated rings. The molecule has 0 radical (unpaired) electrons. The van der Waals surface area contributed by atoms with E-state index in [-0.39, 0.29) is 5.82 Å². The third-order valence-electron chi connectivity index (χ3n) is 5.14. The van der Waals surface area contributed by atoms with Crippen LogP contribution in [0.15, 0.2) is 59.2 Å². The molecule has 0 amide bonds. The van der Waals surface area contributed by atoms with Gasteiger partial charge in [0, 0.05) is 16.8 Å². The van der Waals surface area contributed by atoms with Gasteiger partial charge in [-0.1, -0.05) is 48.0 Å². The number of hydrogen-bond acceptors (Lipinski definition) is 3. The fourth-order valence-corrected chi connectivity index (χ4v) is 4.24. The van der Waals surface area contributed by atoms with Crippen LogP contribution in [0.2, 0.25) is 5.02 Å². The van der Waals surface area contributed by atoms with Crippen molar-refractivity contribution in [1.82, 2.24) is 19.6 Å². The van der Waals surface area contributed by atoms with Gasteiger partial charge in [-0.3, -0.25) is 9.36 Å². The molecular weight excluding hydrogens is 527 g/mol. The average Bonchev–Trinajstić information content (AvgIpc) is 3.24. The molecule has 2 aromatic heterocycles. The van der Waals surface area contributed by atoms with Gasteiger partial charge < -0.3 is 10.6 Å². The van der Waals surface area contributed by atoms with Gasteiger partial charge in [-0.2, -0.15) is 10.2 Å². The highest BCUT2D eigenvalue weighted by Gasteiger charge is 2.16. The van der Waals surface area contributed by atoms with E-state index in [1.807, 2.05) is 50.4 Å². The summed E-state index contributed by atoms with van der Waals surface area (Å²) in [7, 11) is 0. The molecule has 170 valence electrons. The fourth-order valence-electron chi connectivity index (χ4n) is 3.44. The molecule has 6 nitrogen and oxygen atoms in total. The first-order valence-electron chi connectivity index (χ1n) is 10.1. The first-order valence-corrected chi connectivity index (χ1v) is 11.7. The minimum atomic E-state index is -0.256. The van der Waals surface area contributed by atoms with E-state index in [0.29, 0.717) is 34.6 Å². The lowest BCUT2D eigenvalue weighted by molar-refractivity contribution is 0.579. The van der Waals surface area contributed by atoms with Gasteiger partial charge in [-0.05, 0) is 59.7 Å². The summed E-state index contributed by atoms with van der Waals surface area (Å²) in [5.74, 6) is 0.322. The average molecular weight is 548 g/mol. The normalized spacial score (nSPS) is 10.9. The summed E-state index contributed by atoms with van der Waals surface area (Å²) in [5, 5.41) is 16.5. The second kappa shape index (κ2) is 10.0. The van der Waals surface area contributed by atoms with Crippen LogP contribution in [0.3, 0.4) is 0 Å². The predicted octanol–water partition coefficient (Wildman–Crippen LogP) is 6.16. The molecule has 2 heterocycles. The highest BCUT2D eigenvalue weighted by molar-refractivity contribution is 9.10. The Bertz CT molecular complexity index is 1320. The van der Waals surface area contributed by atoms with Crippen molar-refractivity contribution >= 4 is 56.4 Å². The highest BCUT2D eigenvalue weighted by atomic mass is 79.9. The number of rotatable bonds is 6. The largest absolute Gasteiger partial charge is 0.329 e. The summed E-state index contributed by atoms with van der Waals surface area (Å²) in [6, 6.07) is 14.3. The maximum atomic E-state index is 14.1. The molecular formula is C23H21BrClFN6S. The molecule has 0 atom stereocenters. The predicted molar refractivity (Wildman–Crippen MR) is 138 cm³/mol. The lowest BCUT2D eigenvalue weighted by Gasteiger charge is -2.10. The van der Waals surface area contributed by atoms with Crippen molar-refractivity contribution in [3.05, 3.63) is 92.6 Å². The monoisotopic (exact) mass is 546 g/mol. The van der Waals surface area contributed by atoms with E-state index in [1.54, 1.807) is 21.5 Å². The van der Waals surface area contributed by atoms with E-state index in [1.165, 1.54) is 6.07 Å². The molecule has 4 rings (SSSR count). The maximum absolute atomic E-state index is 14.1. The minimum Gasteiger partial charge on any atom is -0.329 e. The van der Waals surface area contributed by atoms with E-state index in [0.717, 1.165) is 27.1 Å². The van der Waals surface area contributed by atoms with E-state index >= 15 is 0 Å². The number of benzene rings is 2. The van der Waals surface area contributed by atoms with Crippen LogP contribution in [0.25, 0.3) is 0 Å². The molecule has 33 heavy (non-hydrogen) atoms. The third kappa shape index (κ3) is 5.43. The molecule has 0 aliphatic carbocycles. The molecule has 0 saturated carbocycles. The lowest BCUT2D eigenvalue weighted by atomic mass is 10.2. The number of halogens is 3. The van der Waals surface area contributed by atoms with Gasteiger partial charge in [0.1, 0.15) is 5.82 Å². The molecule has 0 spiro atoms. The first-order chi connectivity index (χ1) is 15.8. The summed E-state index contributed by atoms with van der Waals surface area (Å²) < 4.78 is 18.4. The van der Waals surface area contributed by atoms with Crippen LogP contribution in [0.5, 0.6) is 0 Å². The molecule has 10 heteroatoms. The number of hydrogen-bond donors (Lipinski definition) is 2. The second-order valence-corrected chi connectivity index (χ2v) is 9.16. The lowest BCUT2D eigenvalue weighted by Crippen LogP contribution is -2.20. The highest BCUT2D eigenvalue weighted by Crippen LogP contribution is 2.24. The number of anilines is 2. The zero-order chi connectivity index (χ0) is 23.5. The summed E-state index contributed by atoms with van der Waals surface area (Å²) in [6.45, 7) is 4.66. The van der Waals surface area contributed by atoms with Crippen molar-refractivity contribution in [2.75, 3.05) is 10.6 Å². The van der Waals surface area contributed by atoms with Crippen molar-refractivity contribution in [2.45, 2.75) is 26.9 Å². The maximum Gasteiger partial charge on any atom is 0.176 e. The van der Waals surface area contributed by atoms with Gasteiger partial charge in [0.2, 0.25) is 0 Å². The van der Waals surface area contributed by atoms with Gasteiger partial charge in [-0.15, -0.1) is 0 Å². The first kappa shape index (κ1) is 23.4. The molecule has 2 N–H and O–H groups in total. The topological polar surface area (TPSA) is 59.7 Å². The number of nitrogens with one attached hydrogen (secondary N) is 2. The Kier molecular flexibility index (Phi) is 7.11. The van der Waals surface area contributed by atoms with E-state index in [2.05, 4.69) is 36.8 Å². The fraction of sp³-hybridized carbons (Fsp3) is 0.174. The summed E-state index contributed by atoms with van der Waals surface area (Å²) in [6.07, 6.45) is 1.86. The van der Waals surface area contributed by atoms with Crippen LogP contribution in [-0.2, 0) is 13.1 Å². The van der Waals surface area contributed by atoms with Gasteiger partial charge in [0.15, 0.2) is 10.9 Å². The third-order valence-corrected chi connectivity index (χ3v) is 6.29. The summed E-state index contributed by atoms with van der Waals surface area (Å²) >= 11 is 15.3. The van der Waals surface area contributed by atoms with Gasteiger partial charge in [0.05, 0.1) is 34.6 Å². The molecule has 0 aliphatic rings. The number of thiocarbonyl (C=S) groups is 1.